The molecule has 0 spiro atoms. The molecule has 2 fully saturated rings. The molecular weight excluding hydrogens is 240 g/mol. The molecule has 4 nitrogen and oxygen atoms in total. The van der Waals surface area contributed by atoms with Crippen LogP contribution in [-0.4, -0.2) is 60.6 Å². The first-order valence-electron chi connectivity index (χ1n) is 7.82. The zero-order chi connectivity index (χ0) is 13.7. The molecule has 19 heavy (non-hydrogen) atoms. The van der Waals surface area contributed by atoms with Crippen molar-refractivity contribution in [1.29, 1.82) is 0 Å². The summed E-state index contributed by atoms with van der Waals surface area (Å²) in [5, 5.41) is 0. The Morgan fingerprint density at radius 2 is 1.95 bits per heavy atom. The molecule has 0 aromatic heterocycles. The van der Waals surface area contributed by atoms with Crippen molar-refractivity contribution in [2.45, 2.75) is 58.1 Å². The zero-order valence-electron chi connectivity index (χ0n) is 12.4. The predicted molar refractivity (Wildman–Crippen MR) is 76.1 cm³/mol. The number of ether oxygens (including phenoxy) is 1. The summed E-state index contributed by atoms with van der Waals surface area (Å²) < 4.78 is 5.91. The van der Waals surface area contributed by atoms with Gasteiger partial charge in [-0.2, -0.15) is 0 Å². The summed E-state index contributed by atoms with van der Waals surface area (Å²) in [6.45, 7) is 8.88. The quantitative estimate of drug-likeness (QED) is 0.780. The van der Waals surface area contributed by atoms with Crippen molar-refractivity contribution in [3.8, 4) is 0 Å². The van der Waals surface area contributed by atoms with E-state index >= 15 is 0 Å². The fourth-order valence-corrected chi connectivity index (χ4v) is 3.26. The molecule has 0 radical (unpaired) electrons. The number of likely N-dealkylation sites (tertiary alicyclic amines) is 2. The number of hydrogen-bond donors (Lipinski definition) is 0. The van der Waals surface area contributed by atoms with E-state index < -0.39 is 0 Å². The van der Waals surface area contributed by atoms with Crippen LogP contribution in [0.5, 0.6) is 0 Å². The van der Waals surface area contributed by atoms with Gasteiger partial charge < -0.3 is 9.64 Å². The largest absolute Gasteiger partial charge is 0.377 e. The van der Waals surface area contributed by atoms with Crippen LogP contribution in [0.4, 0.5) is 0 Å². The Balaban J connectivity index is 1.77. The number of piperidine rings is 2. The minimum absolute atomic E-state index is 0.223. The lowest BCUT2D eigenvalue weighted by Gasteiger charge is -2.42. The number of rotatable bonds is 4. The molecule has 2 aliphatic rings. The predicted octanol–water partition coefficient (Wildman–Crippen LogP) is 1.89. The van der Waals surface area contributed by atoms with E-state index in [1.807, 2.05) is 4.90 Å². The third-order valence-electron chi connectivity index (χ3n) is 4.39. The lowest BCUT2D eigenvalue weighted by molar-refractivity contribution is -0.130. The van der Waals surface area contributed by atoms with Crippen molar-refractivity contribution >= 4 is 5.91 Å². The van der Waals surface area contributed by atoms with Gasteiger partial charge in [0.05, 0.1) is 6.10 Å². The van der Waals surface area contributed by atoms with Crippen LogP contribution in [0.25, 0.3) is 0 Å². The highest BCUT2D eigenvalue weighted by molar-refractivity contribution is 5.73. The van der Waals surface area contributed by atoms with Gasteiger partial charge in [-0.1, -0.05) is 6.92 Å². The number of carbonyl (C=O) groups excluding carboxylic acids is 1. The Hall–Kier alpha value is -0.610. The SMILES string of the molecule is CCCOC1CCCN(C2CCN(C(C)=O)CC2)C1. The Kier molecular flexibility index (Phi) is 5.64. The maximum atomic E-state index is 11.3. The molecule has 0 N–H and O–H groups in total. The minimum Gasteiger partial charge on any atom is -0.377 e. The Morgan fingerprint density at radius 3 is 2.58 bits per heavy atom. The van der Waals surface area contributed by atoms with E-state index in [0.29, 0.717) is 12.1 Å². The van der Waals surface area contributed by atoms with Crippen molar-refractivity contribution in [1.82, 2.24) is 9.80 Å². The lowest BCUT2D eigenvalue weighted by atomic mass is 9.99. The van der Waals surface area contributed by atoms with E-state index in [4.69, 9.17) is 4.74 Å². The molecule has 0 aliphatic carbocycles. The Bertz CT molecular complexity index is 288. The van der Waals surface area contributed by atoms with Crippen LogP contribution in [0.2, 0.25) is 0 Å². The Morgan fingerprint density at radius 1 is 1.21 bits per heavy atom. The molecule has 2 rings (SSSR count). The van der Waals surface area contributed by atoms with Crippen LogP contribution >= 0.6 is 0 Å². The molecule has 110 valence electrons. The van der Waals surface area contributed by atoms with Crippen molar-refractivity contribution < 1.29 is 9.53 Å². The van der Waals surface area contributed by atoms with Gasteiger partial charge in [-0.3, -0.25) is 9.69 Å². The van der Waals surface area contributed by atoms with Gasteiger partial charge in [0.2, 0.25) is 5.91 Å². The van der Waals surface area contributed by atoms with Gasteiger partial charge in [-0.25, -0.2) is 0 Å². The normalized spacial score (nSPS) is 26.6. The summed E-state index contributed by atoms with van der Waals surface area (Å²) >= 11 is 0. The van der Waals surface area contributed by atoms with Gasteiger partial charge in [0.25, 0.3) is 0 Å². The molecule has 1 unspecified atom stereocenters. The summed E-state index contributed by atoms with van der Waals surface area (Å²) in [5.74, 6) is 0.223. The fourth-order valence-electron chi connectivity index (χ4n) is 3.26. The number of carbonyl (C=O) groups is 1. The van der Waals surface area contributed by atoms with Crippen molar-refractivity contribution in [2.75, 3.05) is 32.8 Å². The number of nitrogens with zero attached hydrogens (tertiary/aromatic N) is 2. The van der Waals surface area contributed by atoms with Crippen molar-refractivity contribution in [2.24, 2.45) is 0 Å². The second kappa shape index (κ2) is 7.25. The van der Waals surface area contributed by atoms with Crippen LogP contribution in [0, 0.1) is 0 Å². The summed E-state index contributed by atoms with van der Waals surface area (Å²) in [5.41, 5.74) is 0. The van der Waals surface area contributed by atoms with Gasteiger partial charge in [0.1, 0.15) is 0 Å². The molecule has 0 bridgehead atoms. The van der Waals surface area contributed by atoms with Gasteiger partial charge in [-0.15, -0.1) is 0 Å². The van der Waals surface area contributed by atoms with E-state index in [9.17, 15) is 4.79 Å². The maximum Gasteiger partial charge on any atom is 0.219 e. The topological polar surface area (TPSA) is 32.8 Å². The standard InChI is InChI=1S/C15H28N2O2/c1-3-11-19-15-5-4-8-17(12-15)14-6-9-16(10-7-14)13(2)18/h14-15H,3-12H2,1-2H3. The summed E-state index contributed by atoms with van der Waals surface area (Å²) in [4.78, 5) is 15.9. The average molecular weight is 268 g/mol. The molecule has 0 aromatic rings. The third kappa shape index (κ3) is 4.18. The molecule has 2 heterocycles. The molecule has 4 heteroatoms. The van der Waals surface area contributed by atoms with Crippen LogP contribution in [-0.2, 0) is 9.53 Å². The highest BCUT2D eigenvalue weighted by Crippen LogP contribution is 2.22. The fraction of sp³-hybridized carbons (Fsp3) is 0.933. The minimum atomic E-state index is 0.223. The molecule has 1 atom stereocenters. The second-order valence-corrected chi connectivity index (χ2v) is 5.87. The molecule has 1 amide bonds. The van der Waals surface area contributed by atoms with Crippen molar-refractivity contribution in [3.63, 3.8) is 0 Å². The first-order valence-corrected chi connectivity index (χ1v) is 7.82. The van der Waals surface area contributed by atoms with E-state index in [2.05, 4.69) is 11.8 Å². The van der Waals surface area contributed by atoms with Crippen LogP contribution in [0.1, 0.15) is 46.0 Å². The molecule has 0 saturated carbocycles. The van der Waals surface area contributed by atoms with E-state index in [0.717, 1.165) is 45.5 Å². The average Bonchev–Trinajstić information content (AvgIpc) is 2.45. The molecule has 0 aromatic carbocycles. The summed E-state index contributed by atoms with van der Waals surface area (Å²) in [6.07, 6.45) is 6.25. The maximum absolute atomic E-state index is 11.3. The molecule has 2 aliphatic heterocycles. The van der Waals surface area contributed by atoms with Gasteiger partial charge in [0, 0.05) is 39.2 Å². The van der Waals surface area contributed by atoms with E-state index in [1.54, 1.807) is 6.92 Å². The van der Waals surface area contributed by atoms with E-state index in [-0.39, 0.29) is 5.91 Å². The van der Waals surface area contributed by atoms with Gasteiger partial charge in [0.15, 0.2) is 0 Å². The lowest BCUT2D eigenvalue weighted by Crippen LogP contribution is -2.50. The number of hydrogen-bond acceptors (Lipinski definition) is 3. The van der Waals surface area contributed by atoms with Crippen LogP contribution in [0.3, 0.4) is 0 Å². The monoisotopic (exact) mass is 268 g/mol. The number of amides is 1. The Labute approximate surface area is 117 Å². The smallest absolute Gasteiger partial charge is 0.219 e. The van der Waals surface area contributed by atoms with Gasteiger partial charge in [-0.05, 0) is 38.6 Å². The first kappa shape index (κ1) is 14.8. The van der Waals surface area contributed by atoms with Crippen LogP contribution < -0.4 is 0 Å². The highest BCUT2D eigenvalue weighted by atomic mass is 16.5. The van der Waals surface area contributed by atoms with E-state index in [1.165, 1.54) is 19.4 Å². The first-order chi connectivity index (χ1) is 9.20. The zero-order valence-corrected chi connectivity index (χ0v) is 12.4. The van der Waals surface area contributed by atoms with Gasteiger partial charge >= 0.3 is 0 Å². The second-order valence-electron chi connectivity index (χ2n) is 5.87. The highest BCUT2D eigenvalue weighted by Gasteiger charge is 2.29. The van der Waals surface area contributed by atoms with Crippen molar-refractivity contribution in [3.05, 3.63) is 0 Å². The summed E-state index contributed by atoms with van der Waals surface area (Å²) in [7, 11) is 0. The molecular formula is C15H28N2O2. The third-order valence-corrected chi connectivity index (χ3v) is 4.39. The summed E-state index contributed by atoms with van der Waals surface area (Å²) in [6, 6.07) is 0.656. The van der Waals surface area contributed by atoms with Crippen LogP contribution in [0.15, 0.2) is 0 Å². The molecule has 2 saturated heterocycles.